The van der Waals surface area contributed by atoms with Crippen LogP contribution >= 0.6 is 0 Å². The Morgan fingerprint density at radius 3 is 2.67 bits per heavy atom. The zero-order valence-electron chi connectivity index (χ0n) is 15.9. The second kappa shape index (κ2) is 9.94. The van der Waals surface area contributed by atoms with Crippen molar-refractivity contribution in [2.75, 3.05) is 19.8 Å². The van der Waals surface area contributed by atoms with Gasteiger partial charge in [0.15, 0.2) is 6.61 Å². The van der Waals surface area contributed by atoms with E-state index in [1.54, 1.807) is 0 Å². The summed E-state index contributed by atoms with van der Waals surface area (Å²) in [5.41, 5.74) is 0. The molecule has 7 nitrogen and oxygen atoms in total. The minimum Gasteiger partial charge on any atom is -0.494 e. The fraction of sp³-hybridized carbons (Fsp3) is 0.550. The summed E-state index contributed by atoms with van der Waals surface area (Å²) in [4.78, 5) is 12.0. The summed E-state index contributed by atoms with van der Waals surface area (Å²) in [5.74, 6) is 3.34. The van der Waals surface area contributed by atoms with E-state index in [1.807, 2.05) is 24.3 Å². The predicted molar refractivity (Wildman–Crippen MR) is 102 cm³/mol. The van der Waals surface area contributed by atoms with Gasteiger partial charge in [-0.15, -0.1) is 10.2 Å². The van der Waals surface area contributed by atoms with Gasteiger partial charge < -0.3 is 19.4 Å². The first-order valence-electron chi connectivity index (χ1n) is 9.79. The Bertz CT molecular complexity index is 727. The van der Waals surface area contributed by atoms with Crippen molar-refractivity contribution in [3.63, 3.8) is 0 Å². The lowest BCUT2D eigenvalue weighted by molar-refractivity contribution is -0.123. The Labute approximate surface area is 160 Å². The molecule has 0 spiro atoms. The van der Waals surface area contributed by atoms with Crippen LogP contribution in [0.4, 0.5) is 0 Å². The molecule has 1 aromatic carbocycles. The quantitative estimate of drug-likeness (QED) is 0.732. The van der Waals surface area contributed by atoms with Gasteiger partial charge in [-0.25, -0.2) is 0 Å². The van der Waals surface area contributed by atoms with Gasteiger partial charge in [-0.2, -0.15) is 0 Å². The number of nitrogens with zero attached hydrogens (tertiary/aromatic N) is 3. The molecule has 1 aromatic heterocycles. The van der Waals surface area contributed by atoms with Crippen molar-refractivity contribution in [2.45, 2.75) is 52.0 Å². The number of benzene rings is 1. The number of hydrogen-bond acceptors (Lipinski definition) is 5. The van der Waals surface area contributed by atoms with Crippen LogP contribution in [-0.2, 0) is 24.2 Å². The maximum absolute atomic E-state index is 12.0. The molecule has 1 aliphatic rings. The average molecular weight is 372 g/mol. The molecule has 7 heteroatoms. The molecule has 27 heavy (non-hydrogen) atoms. The van der Waals surface area contributed by atoms with Crippen LogP contribution in [0.1, 0.15) is 44.3 Å². The Balaban J connectivity index is 1.38. The molecule has 0 saturated heterocycles. The fourth-order valence-electron chi connectivity index (χ4n) is 3.10. The molecule has 0 bridgehead atoms. The van der Waals surface area contributed by atoms with Crippen LogP contribution in [0.5, 0.6) is 11.5 Å². The lowest BCUT2D eigenvalue weighted by Crippen LogP contribution is -2.31. The number of carbonyl (C=O) groups is 1. The zero-order valence-corrected chi connectivity index (χ0v) is 15.9. The molecule has 1 aliphatic heterocycles. The highest BCUT2D eigenvalue weighted by Gasteiger charge is 2.14. The average Bonchev–Trinajstić information content (AvgIpc) is 2.92. The highest BCUT2D eigenvalue weighted by Crippen LogP contribution is 2.17. The summed E-state index contributed by atoms with van der Waals surface area (Å²) < 4.78 is 13.3. The number of fused-ring (bicyclic) bond motifs is 1. The monoisotopic (exact) mass is 372 g/mol. The molecule has 3 rings (SSSR count). The van der Waals surface area contributed by atoms with Gasteiger partial charge in [0, 0.05) is 25.9 Å². The number of rotatable bonds is 9. The zero-order chi connectivity index (χ0) is 18.9. The van der Waals surface area contributed by atoms with Crippen molar-refractivity contribution < 1.29 is 14.3 Å². The molecule has 0 unspecified atom stereocenters. The van der Waals surface area contributed by atoms with Crippen molar-refractivity contribution in [2.24, 2.45) is 0 Å². The van der Waals surface area contributed by atoms with Crippen LogP contribution in [0.15, 0.2) is 24.3 Å². The summed E-state index contributed by atoms with van der Waals surface area (Å²) in [5, 5.41) is 11.4. The topological polar surface area (TPSA) is 78.3 Å². The van der Waals surface area contributed by atoms with E-state index in [-0.39, 0.29) is 12.5 Å². The number of hydrogen-bond donors (Lipinski definition) is 1. The Kier molecular flexibility index (Phi) is 7.07. The third kappa shape index (κ3) is 5.70. The van der Waals surface area contributed by atoms with Gasteiger partial charge in [-0.3, -0.25) is 4.79 Å². The first-order valence-corrected chi connectivity index (χ1v) is 9.79. The van der Waals surface area contributed by atoms with E-state index in [0.717, 1.165) is 36.8 Å². The molecular formula is C20H28N4O3. The highest BCUT2D eigenvalue weighted by atomic mass is 16.5. The van der Waals surface area contributed by atoms with Crippen molar-refractivity contribution in [3.8, 4) is 11.5 Å². The fourth-order valence-corrected chi connectivity index (χ4v) is 3.10. The van der Waals surface area contributed by atoms with Crippen LogP contribution in [0.2, 0.25) is 0 Å². The van der Waals surface area contributed by atoms with Gasteiger partial charge in [0.1, 0.15) is 23.1 Å². The number of aryl methyl sites for hydroxylation is 1. The summed E-state index contributed by atoms with van der Waals surface area (Å²) >= 11 is 0. The van der Waals surface area contributed by atoms with Crippen LogP contribution < -0.4 is 14.8 Å². The number of carbonyl (C=O) groups excluding carboxylic acids is 1. The van der Waals surface area contributed by atoms with Gasteiger partial charge in [-0.05, 0) is 43.5 Å². The molecule has 1 N–H and O–H groups in total. The van der Waals surface area contributed by atoms with Crippen LogP contribution in [0.3, 0.4) is 0 Å². The van der Waals surface area contributed by atoms with Crippen LogP contribution in [0.25, 0.3) is 0 Å². The Morgan fingerprint density at radius 2 is 1.89 bits per heavy atom. The Morgan fingerprint density at radius 1 is 1.11 bits per heavy atom. The highest BCUT2D eigenvalue weighted by molar-refractivity contribution is 5.77. The molecule has 0 fully saturated rings. The van der Waals surface area contributed by atoms with Gasteiger partial charge in [-0.1, -0.05) is 13.3 Å². The maximum atomic E-state index is 12.0. The number of aromatic nitrogens is 3. The maximum Gasteiger partial charge on any atom is 0.257 e. The standard InChI is InChI=1S/C20H28N4O3/c1-2-14-26-16-7-9-17(10-8-16)27-15-20(25)21-12-11-19-23-22-18-6-4-3-5-13-24(18)19/h7-10H,2-6,11-15H2,1H3,(H,21,25). The largest absolute Gasteiger partial charge is 0.494 e. The van der Waals surface area contributed by atoms with E-state index >= 15 is 0 Å². The molecule has 0 saturated carbocycles. The first kappa shape index (κ1) is 19.2. The molecule has 0 radical (unpaired) electrons. The van der Waals surface area contributed by atoms with E-state index in [2.05, 4.69) is 27.0 Å². The van der Waals surface area contributed by atoms with Crippen molar-refractivity contribution in [1.82, 2.24) is 20.1 Å². The van der Waals surface area contributed by atoms with Crippen LogP contribution in [0, 0.1) is 0 Å². The molecule has 1 amide bonds. The van der Waals surface area contributed by atoms with Crippen molar-refractivity contribution >= 4 is 5.91 Å². The van der Waals surface area contributed by atoms with E-state index in [1.165, 1.54) is 19.3 Å². The van der Waals surface area contributed by atoms with Crippen LogP contribution in [-0.4, -0.2) is 40.4 Å². The first-order chi connectivity index (χ1) is 13.3. The minimum absolute atomic E-state index is 0.00684. The Hall–Kier alpha value is -2.57. The van der Waals surface area contributed by atoms with Crippen molar-refractivity contribution in [1.29, 1.82) is 0 Å². The molecule has 2 heterocycles. The normalized spacial score (nSPS) is 13.5. The van der Waals surface area contributed by atoms with E-state index in [9.17, 15) is 4.79 Å². The SMILES string of the molecule is CCCOc1ccc(OCC(=O)NCCc2nnc3n2CCCCC3)cc1. The minimum atomic E-state index is -0.142. The predicted octanol–water partition coefficient (Wildman–Crippen LogP) is 2.53. The van der Waals surface area contributed by atoms with E-state index in [0.29, 0.717) is 25.3 Å². The summed E-state index contributed by atoms with van der Waals surface area (Å²) in [6, 6.07) is 7.31. The molecule has 0 atom stereocenters. The van der Waals surface area contributed by atoms with Gasteiger partial charge in [0.05, 0.1) is 6.61 Å². The molecule has 146 valence electrons. The number of ether oxygens (including phenoxy) is 2. The molecule has 2 aromatic rings. The third-order valence-electron chi connectivity index (χ3n) is 4.52. The van der Waals surface area contributed by atoms with Gasteiger partial charge in [0.2, 0.25) is 0 Å². The smallest absolute Gasteiger partial charge is 0.257 e. The van der Waals surface area contributed by atoms with E-state index < -0.39 is 0 Å². The summed E-state index contributed by atoms with van der Waals surface area (Å²) in [7, 11) is 0. The number of nitrogens with one attached hydrogen (secondary N) is 1. The second-order valence-corrected chi connectivity index (χ2v) is 6.70. The lowest BCUT2D eigenvalue weighted by Gasteiger charge is -2.09. The molecule has 0 aliphatic carbocycles. The second-order valence-electron chi connectivity index (χ2n) is 6.70. The van der Waals surface area contributed by atoms with Gasteiger partial charge >= 0.3 is 0 Å². The number of amides is 1. The van der Waals surface area contributed by atoms with E-state index in [4.69, 9.17) is 9.47 Å². The lowest BCUT2D eigenvalue weighted by atomic mass is 10.2. The van der Waals surface area contributed by atoms with Gasteiger partial charge in [0.25, 0.3) is 5.91 Å². The summed E-state index contributed by atoms with van der Waals surface area (Å²) in [6.45, 7) is 4.26. The van der Waals surface area contributed by atoms with Crippen molar-refractivity contribution in [3.05, 3.63) is 35.9 Å². The molecular weight excluding hydrogens is 344 g/mol. The third-order valence-corrected chi connectivity index (χ3v) is 4.52. The summed E-state index contributed by atoms with van der Waals surface area (Å²) in [6.07, 6.45) is 6.23.